The Morgan fingerprint density at radius 1 is 0.741 bits per heavy atom. The third-order valence-corrected chi connectivity index (χ3v) is 4.93. The number of ether oxygens (including phenoxy) is 2. The number of aliphatic hydroxyl groups is 1. The first-order valence-electron chi connectivity index (χ1n) is 11.6. The molecule has 0 saturated carbocycles. The summed E-state index contributed by atoms with van der Waals surface area (Å²) in [6, 6.07) is 0. The number of esters is 1. The Morgan fingerprint density at radius 3 is 1.74 bits per heavy atom. The largest absolute Gasteiger partial charge is 0.457 e. The fourth-order valence-corrected chi connectivity index (χ4v) is 3.15. The van der Waals surface area contributed by atoms with Crippen LogP contribution in [0, 0.1) is 0 Å². The summed E-state index contributed by atoms with van der Waals surface area (Å²) in [4.78, 5) is 11.9. The third-order valence-electron chi connectivity index (χ3n) is 4.93. The molecule has 1 atom stereocenters. The van der Waals surface area contributed by atoms with Crippen LogP contribution in [0.5, 0.6) is 0 Å². The van der Waals surface area contributed by atoms with Crippen LogP contribution in [0.3, 0.4) is 0 Å². The quantitative estimate of drug-likeness (QED) is 0.189. The molecule has 4 heteroatoms. The van der Waals surface area contributed by atoms with E-state index in [0.29, 0.717) is 19.6 Å². The number of aliphatic hydroxyl groups excluding tert-OH is 1. The minimum absolute atomic E-state index is 0.167. The van der Waals surface area contributed by atoms with Crippen molar-refractivity contribution in [2.75, 3.05) is 19.8 Å². The van der Waals surface area contributed by atoms with Crippen LogP contribution in [0.2, 0.25) is 0 Å². The lowest BCUT2D eigenvalue weighted by Crippen LogP contribution is -2.27. The molecule has 1 N–H and O–H groups in total. The van der Waals surface area contributed by atoms with Gasteiger partial charge in [0.05, 0.1) is 13.2 Å². The van der Waals surface area contributed by atoms with E-state index in [0.717, 1.165) is 19.3 Å². The minimum Gasteiger partial charge on any atom is -0.457 e. The standard InChI is InChI=1S/C23H46O4/c1-3-5-7-9-11-12-13-14-16-18-23(25)27-22(20-24)21-26-19-17-15-10-8-6-4-2/h22,24H,3-21H2,1-2H3. The summed E-state index contributed by atoms with van der Waals surface area (Å²) in [6.07, 6.45) is 18.4. The molecule has 162 valence electrons. The first-order valence-corrected chi connectivity index (χ1v) is 11.6. The molecule has 0 rings (SSSR count). The molecule has 0 radical (unpaired) electrons. The molecule has 0 heterocycles. The highest BCUT2D eigenvalue weighted by Gasteiger charge is 2.13. The van der Waals surface area contributed by atoms with Crippen LogP contribution < -0.4 is 0 Å². The Morgan fingerprint density at radius 2 is 1.22 bits per heavy atom. The second kappa shape index (κ2) is 21.7. The van der Waals surface area contributed by atoms with Crippen LogP contribution in [0.1, 0.15) is 117 Å². The molecule has 0 aromatic heterocycles. The van der Waals surface area contributed by atoms with Gasteiger partial charge in [-0.25, -0.2) is 0 Å². The van der Waals surface area contributed by atoms with Gasteiger partial charge in [0.1, 0.15) is 6.10 Å². The van der Waals surface area contributed by atoms with Crippen molar-refractivity contribution in [1.82, 2.24) is 0 Å². The molecule has 0 amide bonds. The number of carbonyl (C=O) groups excluding carboxylic acids is 1. The fourth-order valence-electron chi connectivity index (χ4n) is 3.15. The van der Waals surface area contributed by atoms with Gasteiger partial charge in [0, 0.05) is 13.0 Å². The van der Waals surface area contributed by atoms with Gasteiger partial charge in [-0.15, -0.1) is 0 Å². The monoisotopic (exact) mass is 386 g/mol. The first-order chi connectivity index (χ1) is 13.2. The molecule has 0 aliphatic rings. The summed E-state index contributed by atoms with van der Waals surface area (Å²) >= 11 is 0. The highest BCUT2D eigenvalue weighted by atomic mass is 16.6. The molecule has 1 unspecified atom stereocenters. The minimum atomic E-state index is -0.517. The van der Waals surface area contributed by atoms with E-state index in [2.05, 4.69) is 13.8 Å². The van der Waals surface area contributed by atoms with Crippen LogP contribution >= 0.6 is 0 Å². The molecule has 27 heavy (non-hydrogen) atoms. The normalized spacial score (nSPS) is 12.3. The second-order valence-corrected chi connectivity index (χ2v) is 7.72. The maximum Gasteiger partial charge on any atom is 0.306 e. The van der Waals surface area contributed by atoms with E-state index < -0.39 is 6.10 Å². The molecule has 0 spiro atoms. The van der Waals surface area contributed by atoms with Gasteiger partial charge in [0.2, 0.25) is 0 Å². The first kappa shape index (κ1) is 26.4. The molecule has 4 nitrogen and oxygen atoms in total. The zero-order valence-corrected chi connectivity index (χ0v) is 18.2. The van der Waals surface area contributed by atoms with Crippen molar-refractivity contribution in [3.63, 3.8) is 0 Å². The maximum absolute atomic E-state index is 11.9. The van der Waals surface area contributed by atoms with Crippen molar-refractivity contribution in [2.45, 2.75) is 123 Å². The Labute approximate surface area is 168 Å². The average molecular weight is 387 g/mol. The SMILES string of the molecule is CCCCCCCCCCCC(=O)OC(CO)COCCCCCCCC. The van der Waals surface area contributed by atoms with E-state index in [1.165, 1.54) is 77.0 Å². The van der Waals surface area contributed by atoms with E-state index in [4.69, 9.17) is 9.47 Å². The van der Waals surface area contributed by atoms with Crippen LogP contribution in [-0.2, 0) is 14.3 Å². The van der Waals surface area contributed by atoms with Gasteiger partial charge in [-0.1, -0.05) is 97.3 Å². The topological polar surface area (TPSA) is 55.8 Å². The van der Waals surface area contributed by atoms with Gasteiger partial charge < -0.3 is 14.6 Å². The zero-order valence-electron chi connectivity index (χ0n) is 18.2. The molecule has 0 bridgehead atoms. The number of rotatable bonds is 21. The van der Waals surface area contributed by atoms with Crippen LogP contribution in [-0.4, -0.2) is 37.0 Å². The lowest BCUT2D eigenvalue weighted by atomic mass is 10.1. The van der Waals surface area contributed by atoms with E-state index in [-0.39, 0.29) is 12.6 Å². The van der Waals surface area contributed by atoms with Crippen molar-refractivity contribution in [3.8, 4) is 0 Å². The summed E-state index contributed by atoms with van der Waals surface area (Å²) in [5, 5.41) is 9.35. The second-order valence-electron chi connectivity index (χ2n) is 7.72. The molecule has 0 aromatic rings. The highest BCUT2D eigenvalue weighted by Crippen LogP contribution is 2.11. The van der Waals surface area contributed by atoms with Crippen molar-refractivity contribution in [2.24, 2.45) is 0 Å². The lowest BCUT2D eigenvalue weighted by Gasteiger charge is -2.15. The van der Waals surface area contributed by atoms with Gasteiger partial charge in [-0.05, 0) is 12.8 Å². The van der Waals surface area contributed by atoms with Crippen LogP contribution in [0.15, 0.2) is 0 Å². The van der Waals surface area contributed by atoms with Gasteiger partial charge in [0.15, 0.2) is 0 Å². The fraction of sp³-hybridized carbons (Fsp3) is 0.957. The third kappa shape index (κ3) is 19.9. The molecule has 0 fully saturated rings. The van der Waals surface area contributed by atoms with Crippen LogP contribution in [0.4, 0.5) is 0 Å². The molecule has 0 aliphatic heterocycles. The average Bonchev–Trinajstić information content (AvgIpc) is 2.67. The summed E-state index contributed by atoms with van der Waals surface area (Å²) < 4.78 is 10.9. The van der Waals surface area contributed by atoms with Gasteiger partial charge in [0.25, 0.3) is 0 Å². The van der Waals surface area contributed by atoms with Crippen molar-refractivity contribution in [1.29, 1.82) is 0 Å². The number of hydrogen-bond donors (Lipinski definition) is 1. The molecule has 0 saturated heterocycles. The molecular formula is C23H46O4. The Kier molecular flexibility index (Phi) is 21.2. The van der Waals surface area contributed by atoms with E-state index >= 15 is 0 Å². The summed E-state index contributed by atoms with van der Waals surface area (Å²) in [6.45, 7) is 5.27. The van der Waals surface area contributed by atoms with E-state index in [1.54, 1.807) is 0 Å². The number of unbranched alkanes of at least 4 members (excludes halogenated alkanes) is 13. The number of hydrogen-bond acceptors (Lipinski definition) is 4. The van der Waals surface area contributed by atoms with Crippen LogP contribution in [0.25, 0.3) is 0 Å². The highest BCUT2D eigenvalue weighted by molar-refractivity contribution is 5.69. The van der Waals surface area contributed by atoms with Gasteiger partial charge in [-0.2, -0.15) is 0 Å². The Bertz CT molecular complexity index is 307. The van der Waals surface area contributed by atoms with E-state index in [9.17, 15) is 9.90 Å². The van der Waals surface area contributed by atoms with Gasteiger partial charge >= 0.3 is 5.97 Å². The predicted molar refractivity (Wildman–Crippen MR) is 113 cm³/mol. The molecular weight excluding hydrogens is 340 g/mol. The van der Waals surface area contributed by atoms with E-state index in [1.807, 2.05) is 0 Å². The zero-order chi connectivity index (χ0) is 20.0. The lowest BCUT2D eigenvalue weighted by molar-refractivity contribution is -0.154. The Balaban J connectivity index is 3.48. The maximum atomic E-state index is 11.9. The molecule has 0 aliphatic carbocycles. The smallest absolute Gasteiger partial charge is 0.306 e. The van der Waals surface area contributed by atoms with Crippen molar-refractivity contribution in [3.05, 3.63) is 0 Å². The van der Waals surface area contributed by atoms with Crippen molar-refractivity contribution < 1.29 is 19.4 Å². The Hall–Kier alpha value is -0.610. The summed E-state index contributed by atoms with van der Waals surface area (Å²) in [5.74, 6) is -0.208. The van der Waals surface area contributed by atoms with Gasteiger partial charge in [-0.3, -0.25) is 4.79 Å². The summed E-state index contributed by atoms with van der Waals surface area (Å²) in [7, 11) is 0. The summed E-state index contributed by atoms with van der Waals surface area (Å²) in [5.41, 5.74) is 0. The molecule has 0 aromatic carbocycles. The van der Waals surface area contributed by atoms with Crippen molar-refractivity contribution >= 4 is 5.97 Å². The predicted octanol–water partition coefficient (Wildman–Crippen LogP) is 6.19. The number of carbonyl (C=O) groups is 1.